The van der Waals surface area contributed by atoms with Crippen molar-refractivity contribution in [2.75, 3.05) is 6.61 Å². The molecule has 0 atom stereocenters. The van der Waals surface area contributed by atoms with Gasteiger partial charge in [0.05, 0.1) is 12.3 Å². The number of aliphatic hydroxyl groups is 1. The highest BCUT2D eigenvalue weighted by molar-refractivity contribution is 5.55. The largest absolute Gasteiger partial charge is 0.395 e. The highest BCUT2D eigenvalue weighted by atomic mass is 16.3. The Bertz CT molecular complexity index is 434. The van der Waals surface area contributed by atoms with Crippen molar-refractivity contribution in [3.63, 3.8) is 0 Å². The highest BCUT2D eigenvalue weighted by Crippen LogP contribution is 2.18. The molecule has 0 bridgehead atoms. The molecular weight excluding hydrogens is 188 g/mol. The number of aromatic nitrogens is 2. The van der Waals surface area contributed by atoms with E-state index in [1.54, 1.807) is 0 Å². The van der Waals surface area contributed by atoms with Crippen LogP contribution in [0.4, 0.5) is 0 Å². The lowest BCUT2D eigenvalue weighted by Gasteiger charge is -2.04. The fourth-order valence-corrected chi connectivity index (χ4v) is 1.64. The van der Waals surface area contributed by atoms with Crippen molar-refractivity contribution in [2.45, 2.75) is 13.5 Å². The van der Waals surface area contributed by atoms with Gasteiger partial charge in [0.1, 0.15) is 5.82 Å². The van der Waals surface area contributed by atoms with Gasteiger partial charge in [0.25, 0.3) is 0 Å². The van der Waals surface area contributed by atoms with Crippen molar-refractivity contribution in [1.82, 2.24) is 9.55 Å². The van der Waals surface area contributed by atoms with Crippen LogP contribution < -0.4 is 0 Å². The van der Waals surface area contributed by atoms with E-state index < -0.39 is 0 Å². The van der Waals surface area contributed by atoms with Gasteiger partial charge in [-0.05, 0) is 6.92 Å². The van der Waals surface area contributed by atoms with Crippen LogP contribution in [-0.4, -0.2) is 21.3 Å². The number of aliphatic hydroxyl groups excluding tert-OH is 1. The molecule has 0 spiro atoms. The van der Waals surface area contributed by atoms with Crippen LogP contribution >= 0.6 is 0 Å². The first kappa shape index (κ1) is 9.93. The van der Waals surface area contributed by atoms with Gasteiger partial charge in [-0.15, -0.1) is 0 Å². The predicted octanol–water partition coefficient (Wildman–Crippen LogP) is 1.85. The van der Waals surface area contributed by atoms with Gasteiger partial charge in [0.2, 0.25) is 0 Å². The molecule has 3 heteroatoms. The number of hydrogen-bond acceptors (Lipinski definition) is 2. The first-order chi connectivity index (χ1) is 7.31. The number of rotatable bonds is 3. The van der Waals surface area contributed by atoms with Crippen LogP contribution in [0.5, 0.6) is 0 Å². The summed E-state index contributed by atoms with van der Waals surface area (Å²) in [6.45, 7) is 2.68. The van der Waals surface area contributed by atoms with Crippen LogP contribution in [0.1, 0.15) is 5.69 Å². The van der Waals surface area contributed by atoms with E-state index in [0.29, 0.717) is 6.54 Å². The summed E-state index contributed by atoms with van der Waals surface area (Å²) in [7, 11) is 0. The van der Waals surface area contributed by atoms with Gasteiger partial charge in [-0.3, -0.25) is 0 Å². The molecule has 0 fully saturated rings. The molecule has 0 amide bonds. The van der Waals surface area contributed by atoms with Crippen LogP contribution in [0.15, 0.2) is 36.5 Å². The van der Waals surface area contributed by atoms with E-state index in [1.807, 2.05) is 48.0 Å². The molecule has 3 nitrogen and oxygen atoms in total. The van der Waals surface area contributed by atoms with Gasteiger partial charge in [-0.2, -0.15) is 0 Å². The molecule has 0 unspecified atom stereocenters. The Kier molecular flexibility index (Phi) is 2.83. The van der Waals surface area contributed by atoms with E-state index in [1.165, 1.54) is 0 Å². The lowest BCUT2D eigenvalue weighted by Crippen LogP contribution is -2.02. The molecule has 0 saturated carbocycles. The molecule has 0 radical (unpaired) electrons. The minimum atomic E-state index is 0.135. The molecule has 2 rings (SSSR count). The smallest absolute Gasteiger partial charge is 0.140 e. The summed E-state index contributed by atoms with van der Waals surface area (Å²) in [6.07, 6.45) is 1.96. The zero-order valence-corrected chi connectivity index (χ0v) is 8.72. The Morgan fingerprint density at radius 1 is 1.27 bits per heavy atom. The molecule has 1 N–H and O–H groups in total. The predicted molar refractivity (Wildman–Crippen MR) is 59.5 cm³/mol. The second-order valence-electron chi connectivity index (χ2n) is 3.49. The van der Waals surface area contributed by atoms with E-state index >= 15 is 0 Å². The summed E-state index contributed by atoms with van der Waals surface area (Å²) in [5, 5.41) is 8.95. The van der Waals surface area contributed by atoms with Crippen LogP contribution in [0.25, 0.3) is 11.4 Å². The zero-order valence-electron chi connectivity index (χ0n) is 8.72. The minimum Gasteiger partial charge on any atom is -0.395 e. The van der Waals surface area contributed by atoms with Gasteiger partial charge in [0, 0.05) is 18.3 Å². The third-order valence-electron chi connectivity index (χ3n) is 2.27. The van der Waals surface area contributed by atoms with Crippen LogP contribution in [0.3, 0.4) is 0 Å². The standard InChI is InChI=1S/C12H14N2O/c1-10-9-14(7-8-15)12(13-10)11-5-3-2-4-6-11/h2-6,9,15H,7-8H2,1H3. The number of hydrogen-bond donors (Lipinski definition) is 1. The Morgan fingerprint density at radius 2 is 2.00 bits per heavy atom. The minimum absolute atomic E-state index is 0.135. The first-order valence-electron chi connectivity index (χ1n) is 5.01. The van der Waals surface area contributed by atoms with Gasteiger partial charge in [-0.25, -0.2) is 4.98 Å². The summed E-state index contributed by atoms with van der Waals surface area (Å²) in [6, 6.07) is 10.0. The summed E-state index contributed by atoms with van der Waals surface area (Å²) < 4.78 is 1.98. The van der Waals surface area contributed by atoms with Crippen molar-refractivity contribution in [3.05, 3.63) is 42.2 Å². The lowest BCUT2D eigenvalue weighted by molar-refractivity contribution is 0.276. The number of nitrogens with zero attached hydrogens (tertiary/aromatic N) is 2. The van der Waals surface area contributed by atoms with Gasteiger partial charge < -0.3 is 9.67 Å². The highest BCUT2D eigenvalue weighted by Gasteiger charge is 2.06. The molecule has 1 aromatic carbocycles. The molecule has 15 heavy (non-hydrogen) atoms. The van der Waals surface area contributed by atoms with Gasteiger partial charge in [0.15, 0.2) is 0 Å². The second kappa shape index (κ2) is 4.28. The van der Waals surface area contributed by atoms with E-state index in [4.69, 9.17) is 5.11 Å². The van der Waals surface area contributed by atoms with Crippen molar-refractivity contribution >= 4 is 0 Å². The first-order valence-corrected chi connectivity index (χ1v) is 5.01. The second-order valence-corrected chi connectivity index (χ2v) is 3.49. The van der Waals surface area contributed by atoms with Crippen LogP contribution in [-0.2, 0) is 6.54 Å². The summed E-state index contributed by atoms with van der Waals surface area (Å²) in [5.74, 6) is 0.919. The summed E-state index contributed by atoms with van der Waals surface area (Å²) >= 11 is 0. The SMILES string of the molecule is Cc1cn(CCO)c(-c2ccccc2)n1. The monoisotopic (exact) mass is 202 g/mol. The quantitative estimate of drug-likeness (QED) is 0.824. The van der Waals surface area contributed by atoms with Crippen LogP contribution in [0, 0.1) is 6.92 Å². The molecule has 0 aliphatic carbocycles. The Morgan fingerprint density at radius 3 is 2.67 bits per heavy atom. The Hall–Kier alpha value is -1.61. The molecule has 78 valence electrons. The van der Waals surface area contributed by atoms with Crippen molar-refractivity contribution in [2.24, 2.45) is 0 Å². The van der Waals surface area contributed by atoms with Crippen molar-refractivity contribution in [3.8, 4) is 11.4 Å². The fourth-order valence-electron chi connectivity index (χ4n) is 1.64. The number of aryl methyl sites for hydroxylation is 1. The fraction of sp³-hybridized carbons (Fsp3) is 0.250. The zero-order chi connectivity index (χ0) is 10.7. The van der Waals surface area contributed by atoms with Crippen molar-refractivity contribution < 1.29 is 5.11 Å². The average molecular weight is 202 g/mol. The van der Waals surface area contributed by atoms with E-state index in [9.17, 15) is 0 Å². The third kappa shape index (κ3) is 2.07. The van der Waals surface area contributed by atoms with Crippen LogP contribution in [0.2, 0.25) is 0 Å². The van der Waals surface area contributed by atoms with E-state index in [2.05, 4.69) is 4.98 Å². The summed E-state index contributed by atoms with van der Waals surface area (Å²) in [5.41, 5.74) is 2.06. The lowest BCUT2D eigenvalue weighted by atomic mass is 10.2. The molecular formula is C12H14N2O. The molecule has 1 heterocycles. The third-order valence-corrected chi connectivity index (χ3v) is 2.27. The summed E-state index contributed by atoms with van der Waals surface area (Å²) in [4.78, 5) is 4.45. The van der Waals surface area contributed by atoms with E-state index in [0.717, 1.165) is 17.1 Å². The Balaban J connectivity index is 2.43. The number of benzene rings is 1. The Labute approximate surface area is 89.0 Å². The topological polar surface area (TPSA) is 38.0 Å². The maximum absolute atomic E-state index is 8.95. The molecule has 2 aromatic rings. The normalized spacial score (nSPS) is 10.5. The maximum Gasteiger partial charge on any atom is 0.140 e. The van der Waals surface area contributed by atoms with Gasteiger partial charge >= 0.3 is 0 Å². The maximum atomic E-state index is 8.95. The van der Waals surface area contributed by atoms with E-state index in [-0.39, 0.29) is 6.61 Å². The number of imidazole rings is 1. The molecule has 0 aliphatic rings. The molecule has 0 aliphatic heterocycles. The van der Waals surface area contributed by atoms with Crippen molar-refractivity contribution in [1.29, 1.82) is 0 Å². The average Bonchev–Trinajstić information content (AvgIpc) is 2.62. The van der Waals surface area contributed by atoms with Gasteiger partial charge in [-0.1, -0.05) is 30.3 Å². The molecule has 0 saturated heterocycles. The molecule has 1 aromatic heterocycles.